The van der Waals surface area contributed by atoms with E-state index in [1.807, 2.05) is 0 Å². The predicted molar refractivity (Wildman–Crippen MR) is 50.7 cm³/mol. The lowest BCUT2D eigenvalue weighted by Crippen LogP contribution is -2.28. The van der Waals surface area contributed by atoms with Gasteiger partial charge in [0.25, 0.3) is 0 Å². The third-order valence-corrected chi connectivity index (χ3v) is 2.42. The topological polar surface area (TPSA) is 12.0 Å². The maximum atomic E-state index is 3.42. The zero-order chi connectivity index (χ0) is 7.98. The van der Waals surface area contributed by atoms with Crippen molar-refractivity contribution in [2.24, 2.45) is 5.92 Å². The Morgan fingerprint density at radius 3 is 2.30 bits per heavy atom. The van der Waals surface area contributed by atoms with Crippen LogP contribution in [0.15, 0.2) is 0 Å². The van der Waals surface area contributed by atoms with E-state index in [4.69, 9.17) is 0 Å². The third-order valence-electron chi connectivity index (χ3n) is 1.45. The van der Waals surface area contributed by atoms with Crippen molar-refractivity contribution in [3.63, 3.8) is 0 Å². The fraction of sp³-hybridized carbons (Fsp3) is 1.00. The first-order chi connectivity index (χ1) is 4.66. The molecule has 0 saturated carbocycles. The van der Waals surface area contributed by atoms with Gasteiger partial charge < -0.3 is 5.32 Å². The molecule has 1 atom stereocenters. The summed E-state index contributed by atoms with van der Waals surface area (Å²) in [5.41, 5.74) is 0. The minimum Gasteiger partial charge on any atom is -0.313 e. The number of halogens is 1. The van der Waals surface area contributed by atoms with Crippen molar-refractivity contribution in [1.29, 1.82) is 0 Å². The Labute approximate surface area is 72.7 Å². The quantitative estimate of drug-likeness (QED) is 0.684. The molecule has 0 aromatic carbocycles. The van der Waals surface area contributed by atoms with Crippen LogP contribution in [0.2, 0.25) is 0 Å². The summed E-state index contributed by atoms with van der Waals surface area (Å²) in [5.74, 6) is 0.815. The van der Waals surface area contributed by atoms with Crippen LogP contribution < -0.4 is 5.32 Å². The van der Waals surface area contributed by atoms with Crippen molar-refractivity contribution >= 4 is 15.9 Å². The summed E-state index contributed by atoms with van der Waals surface area (Å²) in [6.45, 7) is 7.83. The molecule has 0 spiro atoms. The molecule has 0 aliphatic heterocycles. The zero-order valence-corrected chi connectivity index (χ0v) is 8.74. The van der Waals surface area contributed by atoms with Crippen molar-refractivity contribution in [1.82, 2.24) is 5.32 Å². The molecule has 0 fully saturated rings. The van der Waals surface area contributed by atoms with Gasteiger partial charge in [-0.05, 0) is 25.8 Å². The van der Waals surface area contributed by atoms with Crippen LogP contribution in [0.25, 0.3) is 0 Å². The first-order valence-corrected chi connectivity index (χ1v) is 5.08. The smallest absolute Gasteiger partial charge is 0.0183 e. The Bertz CT molecular complexity index is 73.7. The minimum atomic E-state index is 0.610. The monoisotopic (exact) mass is 207 g/mol. The van der Waals surface area contributed by atoms with Gasteiger partial charge in [0.2, 0.25) is 0 Å². The van der Waals surface area contributed by atoms with Gasteiger partial charge >= 0.3 is 0 Å². The van der Waals surface area contributed by atoms with Crippen LogP contribution in [0, 0.1) is 5.92 Å². The molecule has 0 aliphatic carbocycles. The second-order valence-corrected chi connectivity index (χ2v) is 3.84. The van der Waals surface area contributed by atoms with Crippen molar-refractivity contribution in [3.05, 3.63) is 0 Å². The van der Waals surface area contributed by atoms with E-state index < -0.39 is 0 Å². The van der Waals surface area contributed by atoms with Gasteiger partial charge in [-0.15, -0.1) is 0 Å². The number of hydrogen-bond acceptors (Lipinski definition) is 1. The Kier molecular flexibility index (Phi) is 6.44. The van der Waals surface area contributed by atoms with Crippen LogP contribution in [-0.2, 0) is 0 Å². The van der Waals surface area contributed by atoms with E-state index in [-0.39, 0.29) is 0 Å². The number of hydrogen-bond donors (Lipinski definition) is 1. The van der Waals surface area contributed by atoms with Crippen LogP contribution >= 0.6 is 15.9 Å². The molecule has 10 heavy (non-hydrogen) atoms. The van der Waals surface area contributed by atoms with E-state index in [0.717, 1.165) is 17.8 Å². The van der Waals surface area contributed by atoms with Crippen LogP contribution in [0.5, 0.6) is 0 Å². The first kappa shape index (κ1) is 10.4. The molecule has 1 unspecified atom stereocenters. The van der Waals surface area contributed by atoms with E-state index in [0.29, 0.717) is 6.04 Å². The van der Waals surface area contributed by atoms with Crippen molar-refractivity contribution in [2.45, 2.75) is 33.2 Å². The van der Waals surface area contributed by atoms with Crippen LogP contribution in [0.1, 0.15) is 27.2 Å². The van der Waals surface area contributed by atoms with Gasteiger partial charge in [-0.1, -0.05) is 29.8 Å². The molecule has 0 saturated heterocycles. The normalized spacial score (nSPS) is 14.1. The second kappa shape index (κ2) is 6.17. The lowest BCUT2D eigenvalue weighted by molar-refractivity contribution is 0.508. The molecular weight excluding hydrogens is 190 g/mol. The van der Waals surface area contributed by atoms with E-state index in [9.17, 15) is 0 Å². The summed E-state index contributed by atoms with van der Waals surface area (Å²) >= 11 is 3.42. The molecule has 0 amide bonds. The Morgan fingerprint density at radius 2 is 1.90 bits per heavy atom. The highest BCUT2D eigenvalue weighted by atomic mass is 79.9. The van der Waals surface area contributed by atoms with Gasteiger partial charge in [0.1, 0.15) is 0 Å². The molecule has 2 heteroatoms. The molecule has 0 aliphatic rings. The molecule has 0 radical (unpaired) electrons. The van der Waals surface area contributed by atoms with Crippen molar-refractivity contribution in [2.75, 3.05) is 11.9 Å². The van der Waals surface area contributed by atoms with Gasteiger partial charge in [-0.3, -0.25) is 0 Å². The molecular formula is C8H18BrN. The van der Waals surface area contributed by atoms with Gasteiger partial charge in [0, 0.05) is 11.4 Å². The zero-order valence-electron chi connectivity index (χ0n) is 7.15. The Balaban J connectivity index is 3.03. The molecule has 62 valence electrons. The highest BCUT2D eigenvalue weighted by Crippen LogP contribution is 1.97. The van der Waals surface area contributed by atoms with Crippen LogP contribution in [-0.4, -0.2) is 17.9 Å². The summed E-state index contributed by atoms with van der Waals surface area (Å²) < 4.78 is 0. The van der Waals surface area contributed by atoms with E-state index in [2.05, 4.69) is 42.0 Å². The van der Waals surface area contributed by atoms with E-state index in [1.54, 1.807) is 0 Å². The summed E-state index contributed by atoms with van der Waals surface area (Å²) in [4.78, 5) is 0. The highest BCUT2D eigenvalue weighted by molar-refractivity contribution is 9.09. The summed E-state index contributed by atoms with van der Waals surface area (Å²) in [6, 6.07) is 0.610. The summed E-state index contributed by atoms with van der Waals surface area (Å²) in [6.07, 6.45) is 1.28. The van der Waals surface area contributed by atoms with Crippen LogP contribution in [0.4, 0.5) is 0 Å². The van der Waals surface area contributed by atoms with Crippen molar-refractivity contribution in [3.8, 4) is 0 Å². The highest BCUT2D eigenvalue weighted by Gasteiger charge is 1.97. The minimum absolute atomic E-state index is 0.610. The number of rotatable bonds is 5. The number of nitrogens with one attached hydrogen (secondary N) is 1. The number of alkyl halides is 1. The lowest BCUT2D eigenvalue weighted by atomic mass is 10.1. The first-order valence-electron chi connectivity index (χ1n) is 3.96. The maximum absolute atomic E-state index is 3.42. The standard InChI is InChI=1S/C8H18BrN/c1-7(2)4-5-10-8(3)6-9/h7-8,10H,4-6H2,1-3H3. The average Bonchev–Trinajstić information content (AvgIpc) is 1.87. The Hall–Kier alpha value is 0.440. The second-order valence-electron chi connectivity index (χ2n) is 3.19. The van der Waals surface area contributed by atoms with Crippen molar-refractivity contribution < 1.29 is 0 Å². The summed E-state index contributed by atoms with van der Waals surface area (Å²) in [5, 5.41) is 4.46. The largest absolute Gasteiger partial charge is 0.313 e. The molecule has 0 aromatic rings. The SMILES string of the molecule is CC(C)CCNC(C)CBr. The van der Waals surface area contributed by atoms with E-state index in [1.165, 1.54) is 6.42 Å². The fourth-order valence-corrected chi connectivity index (χ4v) is 0.902. The average molecular weight is 208 g/mol. The van der Waals surface area contributed by atoms with Gasteiger partial charge in [-0.2, -0.15) is 0 Å². The van der Waals surface area contributed by atoms with E-state index >= 15 is 0 Å². The lowest BCUT2D eigenvalue weighted by Gasteiger charge is -2.11. The summed E-state index contributed by atoms with van der Waals surface area (Å²) in [7, 11) is 0. The molecule has 0 bridgehead atoms. The maximum Gasteiger partial charge on any atom is 0.0183 e. The third kappa shape index (κ3) is 6.56. The van der Waals surface area contributed by atoms with Gasteiger partial charge in [-0.25, -0.2) is 0 Å². The molecule has 1 nitrogen and oxygen atoms in total. The van der Waals surface area contributed by atoms with Crippen LogP contribution in [0.3, 0.4) is 0 Å². The molecule has 0 aromatic heterocycles. The molecule has 0 rings (SSSR count). The predicted octanol–water partition coefficient (Wildman–Crippen LogP) is 2.41. The Morgan fingerprint density at radius 1 is 1.30 bits per heavy atom. The fourth-order valence-electron chi connectivity index (χ4n) is 0.673. The molecule has 1 N–H and O–H groups in total. The van der Waals surface area contributed by atoms with Gasteiger partial charge in [0.15, 0.2) is 0 Å². The molecule has 0 heterocycles. The van der Waals surface area contributed by atoms with Gasteiger partial charge in [0.05, 0.1) is 0 Å².